The molecule has 3 rings (SSSR count). The van der Waals surface area contributed by atoms with E-state index < -0.39 is 34.2 Å². The Hall–Kier alpha value is -2.72. The quantitative estimate of drug-likeness (QED) is 0.515. The van der Waals surface area contributed by atoms with E-state index in [0.29, 0.717) is 27.2 Å². The van der Waals surface area contributed by atoms with Gasteiger partial charge in [-0.2, -0.15) is 13.2 Å². The number of aromatic nitrogens is 1. The molecule has 6 nitrogen and oxygen atoms in total. The van der Waals surface area contributed by atoms with Gasteiger partial charge >= 0.3 is 6.18 Å². The molecule has 1 amide bonds. The zero-order valence-electron chi connectivity index (χ0n) is 17.2. The predicted molar refractivity (Wildman–Crippen MR) is 118 cm³/mol. The predicted octanol–water partition coefficient (Wildman–Crippen LogP) is 4.50. The van der Waals surface area contributed by atoms with Crippen molar-refractivity contribution in [1.29, 1.82) is 0 Å². The van der Waals surface area contributed by atoms with Gasteiger partial charge in [-0.25, -0.2) is 8.42 Å². The topological polar surface area (TPSA) is 80.2 Å². The Bertz CT molecular complexity index is 1240. The average molecular weight is 488 g/mol. The molecule has 0 unspecified atom stereocenters. The number of anilines is 1. The molecule has 0 aliphatic rings. The number of sulfonamides is 1. The SMILES string of the molecule is CC[C@](C(=O)NCC(F)(F)F)(c1ccc(Cl)cc1)n1ccc2c(NS(C)(=O)=O)cccc21. The van der Waals surface area contributed by atoms with Crippen LogP contribution >= 0.6 is 11.6 Å². The van der Waals surface area contributed by atoms with Crippen LogP contribution in [0.3, 0.4) is 0 Å². The summed E-state index contributed by atoms with van der Waals surface area (Å²) in [5.74, 6) is -0.848. The van der Waals surface area contributed by atoms with Crippen LogP contribution in [0.2, 0.25) is 5.02 Å². The number of alkyl halides is 3. The van der Waals surface area contributed by atoms with Crippen molar-refractivity contribution in [2.75, 3.05) is 17.5 Å². The summed E-state index contributed by atoms with van der Waals surface area (Å²) in [6, 6.07) is 12.7. The summed E-state index contributed by atoms with van der Waals surface area (Å²) < 4.78 is 66.1. The first-order chi connectivity index (χ1) is 14.9. The maximum atomic E-state index is 13.3. The van der Waals surface area contributed by atoms with E-state index in [0.717, 1.165) is 6.26 Å². The highest BCUT2D eigenvalue weighted by atomic mass is 35.5. The Morgan fingerprint density at radius 3 is 2.31 bits per heavy atom. The molecule has 1 aromatic heterocycles. The van der Waals surface area contributed by atoms with Crippen LogP contribution in [0.1, 0.15) is 18.9 Å². The first-order valence-electron chi connectivity index (χ1n) is 9.57. The van der Waals surface area contributed by atoms with Gasteiger partial charge in [0.05, 0.1) is 17.5 Å². The number of carbonyl (C=O) groups is 1. The van der Waals surface area contributed by atoms with Crippen molar-refractivity contribution in [3.8, 4) is 0 Å². The second kappa shape index (κ2) is 8.67. The summed E-state index contributed by atoms with van der Waals surface area (Å²) in [7, 11) is -3.58. The first-order valence-corrected chi connectivity index (χ1v) is 11.8. The summed E-state index contributed by atoms with van der Waals surface area (Å²) in [5.41, 5.74) is -0.345. The smallest absolute Gasteiger partial charge is 0.345 e. The lowest BCUT2D eigenvalue weighted by atomic mass is 9.85. The van der Waals surface area contributed by atoms with Crippen LogP contribution in [0.25, 0.3) is 10.9 Å². The Labute approximate surface area is 188 Å². The number of rotatable bonds is 7. The normalized spacial score (nSPS) is 14.2. The van der Waals surface area contributed by atoms with E-state index in [2.05, 4.69) is 4.72 Å². The second-order valence-corrected chi connectivity index (χ2v) is 9.50. The van der Waals surface area contributed by atoms with Crippen LogP contribution in [-0.4, -0.2) is 37.9 Å². The number of carbonyl (C=O) groups excluding carboxylic acids is 1. The van der Waals surface area contributed by atoms with Crippen LogP contribution in [-0.2, 0) is 20.4 Å². The molecule has 3 aromatic rings. The third-order valence-corrected chi connectivity index (χ3v) is 5.94. The number of nitrogens with one attached hydrogen (secondary N) is 2. The van der Waals surface area contributed by atoms with Gasteiger partial charge in [-0.05, 0) is 42.3 Å². The zero-order chi connectivity index (χ0) is 23.7. The number of amides is 1. The van der Waals surface area contributed by atoms with Crippen molar-refractivity contribution in [3.05, 3.63) is 65.3 Å². The molecule has 2 N–H and O–H groups in total. The van der Waals surface area contributed by atoms with Gasteiger partial charge in [-0.1, -0.05) is 36.7 Å². The van der Waals surface area contributed by atoms with Gasteiger partial charge < -0.3 is 9.88 Å². The van der Waals surface area contributed by atoms with Crippen LogP contribution in [0.4, 0.5) is 18.9 Å². The molecule has 0 aliphatic heterocycles. The highest BCUT2D eigenvalue weighted by Gasteiger charge is 2.42. The molecule has 0 saturated carbocycles. The standard InChI is InChI=1S/C21H21ClF3N3O3S/c1-3-20(14-7-9-15(22)10-8-14,19(29)26-13-21(23,24)25)28-12-11-16-17(27-32(2,30)31)5-4-6-18(16)28/h4-12,27H,3,13H2,1-2H3,(H,26,29)/t20-/m1/s1. The van der Waals surface area contributed by atoms with E-state index in [1.165, 1.54) is 0 Å². The monoisotopic (exact) mass is 487 g/mol. The van der Waals surface area contributed by atoms with E-state index in [4.69, 9.17) is 11.6 Å². The summed E-state index contributed by atoms with van der Waals surface area (Å²) in [5, 5.41) is 2.91. The van der Waals surface area contributed by atoms with Crippen molar-refractivity contribution in [1.82, 2.24) is 9.88 Å². The maximum absolute atomic E-state index is 13.3. The van der Waals surface area contributed by atoms with E-state index in [9.17, 15) is 26.4 Å². The molecule has 1 heterocycles. The van der Waals surface area contributed by atoms with E-state index in [1.54, 1.807) is 66.2 Å². The summed E-state index contributed by atoms with van der Waals surface area (Å²) >= 11 is 5.99. The molecule has 0 saturated heterocycles. The van der Waals surface area contributed by atoms with Crippen molar-refractivity contribution in [2.24, 2.45) is 0 Å². The molecular weight excluding hydrogens is 467 g/mol. The summed E-state index contributed by atoms with van der Waals surface area (Å²) in [6.07, 6.45) is -1.90. The largest absolute Gasteiger partial charge is 0.405 e. The van der Waals surface area contributed by atoms with Crippen LogP contribution < -0.4 is 10.0 Å². The molecule has 1 atom stereocenters. The fraction of sp³-hybridized carbons (Fsp3) is 0.286. The molecule has 0 fully saturated rings. The van der Waals surface area contributed by atoms with E-state index >= 15 is 0 Å². The van der Waals surface area contributed by atoms with Crippen molar-refractivity contribution in [2.45, 2.75) is 25.1 Å². The molecule has 0 radical (unpaired) electrons. The van der Waals surface area contributed by atoms with E-state index in [1.807, 2.05) is 5.32 Å². The number of nitrogens with zero attached hydrogens (tertiary/aromatic N) is 1. The Morgan fingerprint density at radius 1 is 1.09 bits per heavy atom. The third kappa shape index (κ3) is 4.86. The van der Waals surface area contributed by atoms with Gasteiger partial charge in [0, 0.05) is 16.6 Å². The van der Waals surface area contributed by atoms with Crippen molar-refractivity contribution in [3.63, 3.8) is 0 Å². The lowest BCUT2D eigenvalue weighted by Gasteiger charge is -2.35. The highest BCUT2D eigenvalue weighted by molar-refractivity contribution is 7.92. The lowest BCUT2D eigenvalue weighted by Crippen LogP contribution is -2.51. The molecule has 172 valence electrons. The molecule has 2 aromatic carbocycles. The summed E-state index contributed by atoms with van der Waals surface area (Å²) in [6.45, 7) is 0.202. The fourth-order valence-corrected chi connectivity index (χ4v) is 4.46. The summed E-state index contributed by atoms with van der Waals surface area (Å²) in [4.78, 5) is 13.3. The van der Waals surface area contributed by atoms with Gasteiger partial charge in [0.2, 0.25) is 10.0 Å². The van der Waals surface area contributed by atoms with Gasteiger partial charge in [-0.15, -0.1) is 0 Å². The number of hydrogen-bond acceptors (Lipinski definition) is 3. The zero-order valence-corrected chi connectivity index (χ0v) is 18.8. The minimum Gasteiger partial charge on any atom is -0.345 e. The number of fused-ring (bicyclic) bond motifs is 1. The molecular formula is C21H21ClF3N3O3S. The van der Waals surface area contributed by atoms with Crippen molar-refractivity contribution < 1.29 is 26.4 Å². The van der Waals surface area contributed by atoms with E-state index in [-0.39, 0.29) is 6.42 Å². The Kier molecular flexibility index (Phi) is 6.48. The minimum atomic E-state index is -4.58. The Morgan fingerprint density at radius 2 is 1.75 bits per heavy atom. The lowest BCUT2D eigenvalue weighted by molar-refractivity contribution is -0.142. The van der Waals surface area contributed by atoms with Crippen molar-refractivity contribution >= 4 is 44.1 Å². The first kappa shape index (κ1) is 23.9. The van der Waals surface area contributed by atoms with Gasteiger partial charge in [-0.3, -0.25) is 9.52 Å². The van der Waals surface area contributed by atoms with Gasteiger partial charge in [0.25, 0.3) is 5.91 Å². The molecule has 0 spiro atoms. The maximum Gasteiger partial charge on any atom is 0.405 e. The fourth-order valence-electron chi connectivity index (χ4n) is 3.76. The molecule has 32 heavy (non-hydrogen) atoms. The second-order valence-electron chi connectivity index (χ2n) is 7.32. The molecule has 0 aliphatic carbocycles. The van der Waals surface area contributed by atoms with Gasteiger partial charge in [0.15, 0.2) is 0 Å². The number of benzene rings is 2. The van der Waals surface area contributed by atoms with Crippen LogP contribution in [0, 0.1) is 0 Å². The third-order valence-electron chi connectivity index (χ3n) is 5.10. The average Bonchev–Trinajstić information content (AvgIpc) is 3.13. The molecule has 0 bridgehead atoms. The number of halogens is 4. The van der Waals surface area contributed by atoms with Crippen LogP contribution in [0.15, 0.2) is 54.7 Å². The number of hydrogen-bond donors (Lipinski definition) is 2. The highest BCUT2D eigenvalue weighted by Crippen LogP contribution is 2.37. The van der Waals surface area contributed by atoms with Crippen LogP contribution in [0.5, 0.6) is 0 Å². The van der Waals surface area contributed by atoms with Gasteiger partial charge in [0.1, 0.15) is 12.1 Å². The molecule has 11 heteroatoms. The minimum absolute atomic E-state index is 0.117. The Balaban J connectivity index is 2.23.